The van der Waals surface area contributed by atoms with E-state index in [9.17, 15) is 9.36 Å². The van der Waals surface area contributed by atoms with Crippen molar-refractivity contribution in [3.63, 3.8) is 0 Å². The number of rotatable bonds is 9. The second-order valence-electron chi connectivity index (χ2n) is 9.24. The Morgan fingerprint density at radius 2 is 2.10 bits per heavy atom. The minimum absolute atomic E-state index is 0.00117. The molecule has 208 valence electrons. The zero-order chi connectivity index (χ0) is 28.4. The number of fused-ring (bicyclic) bond motifs is 2. The minimum Gasteiger partial charge on any atom is -0.382 e. The third-order valence-electron chi connectivity index (χ3n) is 5.77. The highest BCUT2D eigenvalue weighted by atomic mass is 31.2. The van der Waals surface area contributed by atoms with Gasteiger partial charge in [0, 0.05) is 12.1 Å². The summed E-state index contributed by atoms with van der Waals surface area (Å²) in [5, 5.41) is 10.3. The molecule has 0 aliphatic carbocycles. The van der Waals surface area contributed by atoms with E-state index in [0.717, 1.165) is 0 Å². The molecule has 2 aliphatic rings. The Labute approximate surface area is 223 Å². The Morgan fingerprint density at radius 3 is 2.82 bits per heavy atom. The summed E-state index contributed by atoms with van der Waals surface area (Å²) in [6.07, 6.45) is 4.22. The van der Waals surface area contributed by atoms with Gasteiger partial charge in [0.1, 0.15) is 23.8 Å². The molecule has 2 aromatic rings. The van der Waals surface area contributed by atoms with Gasteiger partial charge in [-0.25, -0.2) is 19.5 Å². The number of nitrogen functional groups attached to an aromatic ring is 1. The molecule has 16 heteroatoms. The minimum atomic E-state index is -4.74. The molecule has 4 atom stereocenters. The van der Waals surface area contributed by atoms with Crippen LogP contribution in [0.2, 0.25) is 0 Å². The number of amides is 1. The summed E-state index contributed by atoms with van der Waals surface area (Å²) in [4.78, 5) is 43.1. The lowest BCUT2D eigenvalue weighted by molar-refractivity contribution is -0.199. The van der Waals surface area contributed by atoms with E-state index < -0.39 is 44.8 Å². The van der Waals surface area contributed by atoms with Crippen LogP contribution in [-0.4, -0.2) is 78.2 Å². The van der Waals surface area contributed by atoms with E-state index in [1.165, 1.54) is 6.33 Å². The number of imidazole rings is 1. The van der Waals surface area contributed by atoms with Gasteiger partial charge in [0.15, 0.2) is 23.5 Å². The zero-order valence-corrected chi connectivity index (χ0v) is 22.1. The first-order valence-electron chi connectivity index (χ1n) is 11.8. The number of hydrogen-bond donors (Lipinski definition) is 5. The SMILES string of the molecule is C#CCCC(=N)CC(=O)NCC#Cc1nc(N)c2ncn([C@H]3O[C@@H](COP(=O)(O)O)C4OC(C)(C)OC43)c2n1. The van der Waals surface area contributed by atoms with Crippen molar-refractivity contribution in [2.24, 2.45) is 0 Å². The van der Waals surface area contributed by atoms with Gasteiger partial charge >= 0.3 is 7.82 Å². The number of aromatic nitrogens is 4. The van der Waals surface area contributed by atoms with Crippen LogP contribution >= 0.6 is 7.82 Å². The Hall–Kier alpha value is -3.40. The van der Waals surface area contributed by atoms with Crippen LogP contribution in [0.3, 0.4) is 0 Å². The Kier molecular flexibility index (Phi) is 8.34. The number of carbonyl (C=O) groups excluding carboxylic acids is 1. The number of terminal acetylenes is 1. The molecule has 2 fully saturated rings. The van der Waals surface area contributed by atoms with Gasteiger partial charge in [-0.15, -0.1) is 12.3 Å². The summed E-state index contributed by atoms with van der Waals surface area (Å²) in [6, 6.07) is 0. The molecule has 0 spiro atoms. The molecule has 6 N–H and O–H groups in total. The van der Waals surface area contributed by atoms with Crippen LogP contribution in [0, 0.1) is 29.6 Å². The lowest BCUT2D eigenvalue weighted by atomic mass is 10.1. The van der Waals surface area contributed by atoms with E-state index in [0.29, 0.717) is 12.8 Å². The van der Waals surface area contributed by atoms with Gasteiger partial charge in [0.2, 0.25) is 11.7 Å². The number of carbonyl (C=O) groups is 1. The lowest BCUT2D eigenvalue weighted by Crippen LogP contribution is -2.32. The maximum Gasteiger partial charge on any atom is 0.469 e. The van der Waals surface area contributed by atoms with E-state index in [2.05, 4.69) is 42.6 Å². The van der Waals surface area contributed by atoms with Gasteiger partial charge < -0.3 is 40.5 Å². The van der Waals surface area contributed by atoms with E-state index in [-0.39, 0.29) is 47.4 Å². The van der Waals surface area contributed by atoms with Gasteiger partial charge in [-0.3, -0.25) is 13.9 Å². The number of ether oxygens (including phenoxy) is 3. The van der Waals surface area contributed by atoms with Crippen LogP contribution < -0.4 is 11.1 Å². The maximum atomic E-state index is 12.0. The first-order chi connectivity index (χ1) is 18.4. The summed E-state index contributed by atoms with van der Waals surface area (Å²) in [5.74, 6) is 6.71. The molecule has 0 bridgehead atoms. The Balaban J connectivity index is 1.51. The first kappa shape index (κ1) is 28.6. The molecule has 0 saturated carbocycles. The molecule has 2 saturated heterocycles. The number of anilines is 1. The molecule has 1 amide bonds. The molecular formula is C23H28N7O8P. The Morgan fingerprint density at radius 1 is 1.36 bits per heavy atom. The van der Waals surface area contributed by atoms with Crippen LogP contribution in [0.25, 0.3) is 11.2 Å². The third kappa shape index (κ3) is 6.98. The predicted molar refractivity (Wildman–Crippen MR) is 136 cm³/mol. The number of phosphoric ester groups is 1. The van der Waals surface area contributed by atoms with Crippen molar-refractivity contribution in [2.75, 3.05) is 18.9 Å². The molecule has 2 aliphatic heterocycles. The fourth-order valence-electron chi connectivity index (χ4n) is 4.20. The molecular weight excluding hydrogens is 533 g/mol. The smallest absolute Gasteiger partial charge is 0.382 e. The van der Waals surface area contributed by atoms with Crippen LogP contribution in [0.5, 0.6) is 0 Å². The van der Waals surface area contributed by atoms with Gasteiger partial charge in [-0.05, 0) is 26.2 Å². The van der Waals surface area contributed by atoms with E-state index >= 15 is 0 Å². The van der Waals surface area contributed by atoms with Crippen LogP contribution in [0.15, 0.2) is 6.33 Å². The summed E-state index contributed by atoms with van der Waals surface area (Å²) in [6.45, 7) is 2.99. The zero-order valence-electron chi connectivity index (χ0n) is 21.2. The molecule has 0 radical (unpaired) electrons. The number of nitrogens with zero attached hydrogens (tertiary/aromatic N) is 4. The third-order valence-corrected chi connectivity index (χ3v) is 6.26. The topological polar surface area (TPSA) is 217 Å². The van der Waals surface area contributed by atoms with Crippen molar-refractivity contribution in [3.8, 4) is 24.2 Å². The molecule has 39 heavy (non-hydrogen) atoms. The van der Waals surface area contributed by atoms with Crippen molar-refractivity contribution in [1.82, 2.24) is 24.8 Å². The highest BCUT2D eigenvalue weighted by molar-refractivity contribution is 7.46. The van der Waals surface area contributed by atoms with Gasteiger partial charge in [-0.2, -0.15) is 0 Å². The van der Waals surface area contributed by atoms with Crippen LogP contribution in [-0.2, 0) is 28.1 Å². The fraction of sp³-hybridized carbons (Fsp3) is 0.522. The first-order valence-corrected chi connectivity index (χ1v) is 13.4. The average molecular weight is 561 g/mol. The predicted octanol–water partition coefficient (Wildman–Crippen LogP) is 0.226. The second kappa shape index (κ2) is 11.4. The highest BCUT2D eigenvalue weighted by Crippen LogP contribution is 2.45. The number of nitrogens with one attached hydrogen (secondary N) is 2. The van der Waals surface area contributed by atoms with E-state index in [1.54, 1.807) is 18.4 Å². The normalized spacial score (nSPS) is 23.6. The highest BCUT2D eigenvalue weighted by Gasteiger charge is 2.56. The molecule has 2 aromatic heterocycles. The lowest BCUT2D eigenvalue weighted by Gasteiger charge is -2.24. The van der Waals surface area contributed by atoms with Crippen LogP contribution in [0.1, 0.15) is 45.2 Å². The average Bonchev–Trinajstić information content (AvgIpc) is 3.49. The molecule has 4 rings (SSSR count). The fourth-order valence-corrected chi connectivity index (χ4v) is 4.54. The summed E-state index contributed by atoms with van der Waals surface area (Å²) >= 11 is 0. The Bertz CT molecular complexity index is 1420. The molecule has 0 aromatic carbocycles. The van der Waals surface area contributed by atoms with Gasteiger partial charge in [-0.1, -0.05) is 5.92 Å². The summed E-state index contributed by atoms with van der Waals surface area (Å²) in [7, 11) is -4.74. The monoisotopic (exact) mass is 561 g/mol. The van der Waals surface area contributed by atoms with Gasteiger partial charge in [0.25, 0.3) is 0 Å². The van der Waals surface area contributed by atoms with Gasteiger partial charge in [0.05, 0.1) is 25.9 Å². The van der Waals surface area contributed by atoms with Crippen molar-refractivity contribution >= 4 is 36.4 Å². The van der Waals surface area contributed by atoms with E-state index in [4.69, 9.17) is 41.6 Å². The quantitative estimate of drug-likeness (QED) is 0.158. The largest absolute Gasteiger partial charge is 0.469 e. The maximum absolute atomic E-state index is 12.0. The second-order valence-corrected chi connectivity index (χ2v) is 10.5. The number of phosphoric acid groups is 1. The summed E-state index contributed by atoms with van der Waals surface area (Å²) < 4.78 is 35.4. The molecule has 2 unspecified atom stereocenters. The van der Waals surface area contributed by atoms with Crippen molar-refractivity contribution in [1.29, 1.82) is 5.41 Å². The summed E-state index contributed by atoms with van der Waals surface area (Å²) in [5.41, 5.74) is 6.89. The van der Waals surface area contributed by atoms with E-state index in [1.807, 2.05) is 0 Å². The molecule has 4 heterocycles. The van der Waals surface area contributed by atoms with Crippen LogP contribution in [0.4, 0.5) is 5.82 Å². The van der Waals surface area contributed by atoms with Crippen molar-refractivity contribution < 1.29 is 37.9 Å². The standard InChI is InChI=1S/C23H28N7O8P/c1-4-5-7-13(24)10-16(31)26-9-6-8-15-28-20(25)17-21(29-15)30(12-27-17)22-19-18(37-23(2,3)38-19)14(36-22)11-35-39(32,33)34/h1,12,14,18-19,22,24H,5,7,9-11H2,2-3H3,(H,26,31)(H2,25,28,29)(H2,32,33,34)/t14-,18?,19?,22-/m0/s1. The van der Waals surface area contributed by atoms with Crippen molar-refractivity contribution in [2.45, 2.75) is 63.4 Å². The molecule has 15 nitrogen and oxygen atoms in total. The van der Waals surface area contributed by atoms with Crippen molar-refractivity contribution in [3.05, 3.63) is 12.2 Å². The number of hydrogen-bond acceptors (Lipinski definition) is 11. The number of nitrogens with two attached hydrogens (primary N) is 1.